The summed E-state index contributed by atoms with van der Waals surface area (Å²) in [4.78, 5) is 2.50. The molecular formula is C17H30N2O. The van der Waals surface area contributed by atoms with E-state index in [1.807, 2.05) is 6.92 Å². The molecular weight excluding hydrogens is 248 g/mol. The first-order chi connectivity index (χ1) is 9.65. The SMILES string of the molecule is CCCC1CCC(CN)C(N(C)Cc2ccoc2C)C1. The van der Waals surface area contributed by atoms with Crippen LogP contribution in [0.4, 0.5) is 0 Å². The number of nitrogens with zero attached hydrogens (tertiary/aromatic N) is 1. The third-order valence-electron chi connectivity index (χ3n) is 5.02. The van der Waals surface area contributed by atoms with Gasteiger partial charge in [0.2, 0.25) is 0 Å². The van der Waals surface area contributed by atoms with E-state index in [2.05, 4.69) is 24.9 Å². The monoisotopic (exact) mass is 278 g/mol. The van der Waals surface area contributed by atoms with Crippen LogP contribution in [0.3, 0.4) is 0 Å². The lowest BCUT2D eigenvalue weighted by Gasteiger charge is -2.41. The van der Waals surface area contributed by atoms with Gasteiger partial charge in [-0.3, -0.25) is 4.90 Å². The van der Waals surface area contributed by atoms with Crippen molar-refractivity contribution in [3.63, 3.8) is 0 Å². The highest BCUT2D eigenvalue weighted by Crippen LogP contribution is 2.34. The average molecular weight is 278 g/mol. The van der Waals surface area contributed by atoms with Gasteiger partial charge in [-0.15, -0.1) is 0 Å². The van der Waals surface area contributed by atoms with Crippen molar-refractivity contribution in [1.29, 1.82) is 0 Å². The summed E-state index contributed by atoms with van der Waals surface area (Å²) in [5.74, 6) is 2.59. The Morgan fingerprint density at radius 1 is 1.40 bits per heavy atom. The minimum Gasteiger partial charge on any atom is -0.469 e. The molecule has 114 valence electrons. The van der Waals surface area contributed by atoms with Gasteiger partial charge in [-0.1, -0.05) is 26.2 Å². The summed E-state index contributed by atoms with van der Waals surface area (Å²) in [7, 11) is 2.24. The molecule has 0 bridgehead atoms. The number of furan rings is 1. The summed E-state index contributed by atoms with van der Waals surface area (Å²) in [6.07, 6.45) is 8.43. The molecule has 1 fully saturated rings. The fraction of sp³-hybridized carbons (Fsp3) is 0.765. The van der Waals surface area contributed by atoms with Crippen LogP contribution in [-0.4, -0.2) is 24.5 Å². The van der Waals surface area contributed by atoms with E-state index in [0.29, 0.717) is 12.0 Å². The fourth-order valence-corrected chi connectivity index (χ4v) is 3.74. The zero-order valence-electron chi connectivity index (χ0n) is 13.3. The largest absolute Gasteiger partial charge is 0.469 e. The van der Waals surface area contributed by atoms with E-state index in [4.69, 9.17) is 10.2 Å². The molecule has 3 unspecified atom stereocenters. The Morgan fingerprint density at radius 3 is 2.80 bits per heavy atom. The molecule has 0 amide bonds. The van der Waals surface area contributed by atoms with Crippen molar-refractivity contribution in [2.45, 2.75) is 58.5 Å². The van der Waals surface area contributed by atoms with Crippen LogP contribution in [0.2, 0.25) is 0 Å². The number of hydrogen-bond donors (Lipinski definition) is 1. The second-order valence-electron chi connectivity index (χ2n) is 6.45. The predicted molar refractivity (Wildman–Crippen MR) is 83.5 cm³/mol. The van der Waals surface area contributed by atoms with Gasteiger partial charge in [0.05, 0.1) is 6.26 Å². The first kappa shape index (κ1) is 15.6. The quantitative estimate of drug-likeness (QED) is 0.865. The van der Waals surface area contributed by atoms with Gasteiger partial charge in [-0.05, 0) is 51.3 Å². The van der Waals surface area contributed by atoms with Crippen LogP contribution in [0.25, 0.3) is 0 Å². The second kappa shape index (κ2) is 7.28. The van der Waals surface area contributed by atoms with E-state index in [1.54, 1.807) is 6.26 Å². The van der Waals surface area contributed by atoms with Crippen molar-refractivity contribution in [1.82, 2.24) is 4.90 Å². The van der Waals surface area contributed by atoms with Gasteiger partial charge in [-0.25, -0.2) is 0 Å². The molecule has 2 rings (SSSR count). The van der Waals surface area contributed by atoms with Crippen LogP contribution < -0.4 is 5.73 Å². The predicted octanol–water partition coefficient (Wildman–Crippen LogP) is 3.56. The minimum absolute atomic E-state index is 0.625. The van der Waals surface area contributed by atoms with Crippen molar-refractivity contribution in [3.05, 3.63) is 23.7 Å². The molecule has 1 aromatic heterocycles. The summed E-state index contributed by atoms with van der Waals surface area (Å²) < 4.78 is 5.41. The molecule has 0 spiro atoms. The van der Waals surface area contributed by atoms with Gasteiger partial charge in [0.25, 0.3) is 0 Å². The van der Waals surface area contributed by atoms with Crippen molar-refractivity contribution in [2.75, 3.05) is 13.6 Å². The number of aryl methyl sites for hydroxylation is 1. The normalized spacial score (nSPS) is 27.1. The summed E-state index contributed by atoms with van der Waals surface area (Å²) in [6.45, 7) is 6.13. The van der Waals surface area contributed by atoms with Crippen molar-refractivity contribution < 1.29 is 4.42 Å². The molecule has 0 radical (unpaired) electrons. The van der Waals surface area contributed by atoms with Crippen molar-refractivity contribution >= 4 is 0 Å². The van der Waals surface area contributed by atoms with E-state index < -0.39 is 0 Å². The molecule has 0 aromatic carbocycles. The molecule has 0 saturated heterocycles. The lowest BCUT2D eigenvalue weighted by Crippen LogP contribution is -2.44. The molecule has 3 heteroatoms. The first-order valence-corrected chi connectivity index (χ1v) is 8.09. The standard InChI is InChI=1S/C17H30N2O/c1-4-5-14-6-7-15(11-18)17(10-14)19(3)12-16-8-9-20-13(16)2/h8-9,14-15,17H,4-7,10-12,18H2,1-3H3. The highest BCUT2D eigenvalue weighted by Gasteiger charge is 2.32. The molecule has 20 heavy (non-hydrogen) atoms. The van der Waals surface area contributed by atoms with Gasteiger partial charge >= 0.3 is 0 Å². The van der Waals surface area contributed by atoms with Gasteiger partial charge in [0.1, 0.15) is 5.76 Å². The first-order valence-electron chi connectivity index (χ1n) is 8.09. The van der Waals surface area contributed by atoms with E-state index in [-0.39, 0.29) is 0 Å². The second-order valence-corrected chi connectivity index (χ2v) is 6.45. The molecule has 1 aromatic rings. The van der Waals surface area contributed by atoms with Crippen LogP contribution in [0.5, 0.6) is 0 Å². The summed E-state index contributed by atoms with van der Waals surface area (Å²) in [5, 5.41) is 0. The molecule has 1 saturated carbocycles. The average Bonchev–Trinajstić information content (AvgIpc) is 2.84. The topological polar surface area (TPSA) is 42.4 Å². The molecule has 1 aliphatic carbocycles. The smallest absolute Gasteiger partial charge is 0.105 e. The molecule has 3 atom stereocenters. The maximum Gasteiger partial charge on any atom is 0.105 e. The summed E-state index contributed by atoms with van der Waals surface area (Å²) in [6, 6.07) is 2.72. The van der Waals surface area contributed by atoms with Crippen LogP contribution in [0, 0.1) is 18.8 Å². The van der Waals surface area contributed by atoms with Gasteiger partial charge in [0.15, 0.2) is 0 Å². The molecule has 1 heterocycles. The Morgan fingerprint density at radius 2 is 2.20 bits per heavy atom. The van der Waals surface area contributed by atoms with E-state index in [0.717, 1.165) is 24.8 Å². The summed E-state index contributed by atoms with van der Waals surface area (Å²) in [5.41, 5.74) is 7.32. The van der Waals surface area contributed by atoms with Crippen LogP contribution in [0.15, 0.2) is 16.7 Å². The maximum absolute atomic E-state index is 6.01. The number of nitrogens with two attached hydrogens (primary N) is 1. The Hall–Kier alpha value is -0.800. The minimum atomic E-state index is 0.625. The Labute approximate surface area is 123 Å². The van der Waals surface area contributed by atoms with E-state index in [9.17, 15) is 0 Å². The molecule has 0 aliphatic heterocycles. The third kappa shape index (κ3) is 3.64. The highest BCUT2D eigenvalue weighted by molar-refractivity contribution is 5.15. The van der Waals surface area contributed by atoms with Crippen LogP contribution in [-0.2, 0) is 6.54 Å². The third-order valence-corrected chi connectivity index (χ3v) is 5.02. The van der Waals surface area contributed by atoms with Crippen LogP contribution in [0.1, 0.15) is 50.4 Å². The van der Waals surface area contributed by atoms with Gasteiger partial charge in [-0.2, -0.15) is 0 Å². The van der Waals surface area contributed by atoms with E-state index >= 15 is 0 Å². The Balaban J connectivity index is 2.00. The van der Waals surface area contributed by atoms with Crippen molar-refractivity contribution in [3.8, 4) is 0 Å². The number of hydrogen-bond acceptors (Lipinski definition) is 3. The van der Waals surface area contributed by atoms with Gasteiger partial charge in [0, 0.05) is 18.2 Å². The van der Waals surface area contributed by atoms with E-state index in [1.165, 1.54) is 37.7 Å². The Kier molecular flexibility index (Phi) is 5.67. The molecule has 2 N–H and O–H groups in total. The van der Waals surface area contributed by atoms with Gasteiger partial charge < -0.3 is 10.2 Å². The van der Waals surface area contributed by atoms with Crippen molar-refractivity contribution in [2.24, 2.45) is 17.6 Å². The molecule has 1 aliphatic rings. The summed E-state index contributed by atoms with van der Waals surface area (Å²) >= 11 is 0. The fourth-order valence-electron chi connectivity index (χ4n) is 3.74. The highest BCUT2D eigenvalue weighted by atomic mass is 16.3. The maximum atomic E-state index is 6.01. The molecule has 3 nitrogen and oxygen atoms in total. The lowest BCUT2D eigenvalue weighted by atomic mass is 9.76. The Bertz CT molecular complexity index is 401. The lowest BCUT2D eigenvalue weighted by molar-refractivity contribution is 0.0943. The number of rotatable bonds is 6. The van der Waals surface area contributed by atoms with Crippen LogP contribution >= 0.6 is 0 Å². The zero-order chi connectivity index (χ0) is 14.5. The zero-order valence-corrected chi connectivity index (χ0v) is 13.3.